The molecule has 0 saturated heterocycles. The van der Waals surface area contributed by atoms with Gasteiger partial charge in [0, 0.05) is 12.6 Å². The summed E-state index contributed by atoms with van der Waals surface area (Å²) < 4.78 is 1.70. The monoisotopic (exact) mass is 190 g/mol. The molecular weight excluding hydrogens is 176 g/mol. The second-order valence-corrected chi connectivity index (χ2v) is 3.48. The minimum Gasteiger partial charge on any atom is -0.358 e. The van der Waals surface area contributed by atoms with Crippen molar-refractivity contribution in [2.75, 3.05) is 0 Å². The number of fused-ring (bicyclic) bond motifs is 1. The van der Waals surface area contributed by atoms with Crippen molar-refractivity contribution in [1.82, 2.24) is 4.57 Å². The lowest BCUT2D eigenvalue weighted by Crippen LogP contribution is -2.41. The van der Waals surface area contributed by atoms with Crippen LogP contribution in [0, 0.1) is 0 Å². The molecule has 0 radical (unpaired) electrons. The Bertz CT molecular complexity index is 445. The summed E-state index contributed by atoms with van der Waals surface area (Å²) in [5.74, 6) is -1.29. The zero-order chi connectivity index (χ0) is 10.2. The average molecular weight is 190 g/mol. The Labute approximate surface area is 82.8 Å². The molecule has 0 aliphatic carbocycles. The lowest BCUT2D eigenvalue weighted by molar-refractivity contribution is -0.0309. The maximum absolute atomic E-state index is 9.92. The number of nitrogens with two attached hydrogens (primary N) is 1. The number of para-hydroxylation sites is 1. The first kappa shape index (κ1) is 9.24. The predicted octanol–water partition coefficient (Wildman–Crippen LogP) is 1.61. The first-order valence-corrected chi connectivity index (χ1v) is 4.73. The Morgan fingerprint density at radius 1 is 1.36 bits per heavy atom. The van der Waals surface area contributed by atoms with E-state index in [1.165, 1.54) is 0 Å². The van der Waals surface area contributed by atoms with Crippen LogP contribution in [0.5, 0.6) is 0 Å². The van der Waals surface area contributed by atoms with Gasteiger partial charge in [-0.05, 0) is 17.5 Å². The zero-order valence-corrected chi connectivity index (χ0v) is 8.14. The number of rotatable bonds is 2. The third kappa shape index (κ3) is 1.31. The van der Waals surface area contributed by atoms with Gasteiger partial charge >= 0.3 is 0 Å². The van der Waals surface area contributed by atoms with Gasteiger partial charge in [-0.1, -0.05) is 25.1 Å². The predicted molar refractivity (Wildman–Crippen MR) is 56.6 cm³/mol. The summed E-state index contributed by atoms with van der Waals surface area (Å²) in [5.41, 5.74) is 6.72. The Morgan fingerprint density at radius 2 is 2.07 bits per heavy atom. The maximum Gasteiger partial charge on any atom is 0.196 e. The van der Waals surface area contributed by atoms with Gasteiger partial charge in [-0.15, -0.1) is 0 Å². The minimum atomic E-state index is -1.29. The molecule has 0 saturated carbocycles. The van der Waals surface area contributed by atoms with E-state index in [-0.39, 0.29) is 0 Å². The quantitative estimate of drug-likeness (QED) is 0.707. The Hall–Kier alpha value is -1.32. The normalized spacial score (nSPS) is 15.6. The van der Waals surface area contributed by atoms with E-state index in [0.29, 0.717) is 6.42 Å². The highest BCUT2D eigenvalue weighted by atomic mass is 16.3. The molecule has 0 aliphatic heterocycles. The van der Waals surface area contributed by atoms with Gasteiger partial charge in [-0.2, -0.15) is 0 Å². The smallest absolute Gasteiger partial charge is 0.196 e. The fraction of sp³-hybridized carbons (Fsp3) is 0.273. The lowest BCUT2D eigenvalue weighted by atomic mass is 10.2. The second-order valence-electron chi connectivity index (χ2n) is 3.48. The molecule has 14 heavy (non-hydrogen) atoms. The highest BCUT2D eigenvalue weighted by molar-refractivity contribution is 5.80. The van der Waals surface area contributed by atoms with E-state index in [0.717, 1.165) is 10.9 Å². The third-order valence-corrected chi connectivity index (χ3v) is 2.54. The molecule has 1 heterocycles. The van der Waals surface area contributed by atoms with Gasteiger partial charge in [0.25, 0.3) is 0 Å². The van der Waals surface area contributed by atoms with Crippen LogP contribution in [0.3, 0.4) is 0 Å². The molecular formula is C11H14N2O. The van der Waals surface area contributed by atoms with E-state index in [9.17, 15) is 5.11 Å². The van der Waals surface area contributed by atoms with Crippen LogP contribution >= 0.6 is 0 Å². The molecule has 3 nitrogen and oxygen atoms in total. The van der Waals surface area contributed by atoms with Crippen molar-refractivity contribution in [2.45, 2.75) is 19.2 Å². The number of hydrogen-bond acceptors (Lipinski definition) is 2. The topological polar surface area (TPSA) is 51.2 Å². The Balaban J connectivity index is 2.64. The van der Waals surface area contributed by atoms with E-state index in [4.69, 9.17) is 5.73 Å². The average Bonchev–Trinajstić information content (AvgIpc) is 2.61. The van der Waals surface area contributed by atoms with E-state index in [1.807, 2.05) is 43.5 Å². The molecule has 1 aromatic carbocycles. The molecule has 2 rings (SSSR count). The number of aliphatic hydroxyl groups is 1. The molecule has 1 unspecified atom stereocenters. The van der Waals surface area contributed by atoms with Crippen LogP contribution in [-0.4, -0.2) is 9.67 Å². The molecule has 3 heteroatoms. The molecule has 2 aromatic rings. The van der Waals surface area contributed by atoms with Gasteiger partial charge in [0.1, 0.15) is 0 Å². The van der Waals surface area contributed by atoms with Crippen molar-refractivity contribution in [3.63, 3.8) is 0 Å². The lowest BCUT2D eigenvalue weighted by Gasteiger charge is -2.24. The summed E-state index contributed by atoms with van der Waals surface area (Å²) in [4.78, 5) is 0. The highest BCUT2D eigenvalue weighted by Crippen LogP contribution is 2.21. The van der Waals surface area contributed by atoms with E-state index in [1.54, 1.807) is 4.57 Å². The SMILES string of the molecule is CCC(N)(O)n1ccc2ccccc21. The van der Waals surface area contributed by atoms with Crippen LogP contribution < -0.4 is 5.73 Å². The summed E-state index contributed by atoms with van der Waals surface area (Å²) in [6.07, 6.45) is 2.29. The van der Waals surface area contributed by atoms with Crippen molar-refractivity contribution in [2.24, 2.45) is 5.73 Å². The van der Waals surface area contributed by atoms with Crippen LogP contribution in [0.15, 0.2) is 36.5 Å². The zero-order valence-electron chi connectivity index (χ0n) is 8.14. The minimum absolute atomic E-state index is 0.478. The second kappa shape index (κ2) is 3.12. The molecule has 1 atom stereocenters. The summed E-state index contributed by atoms with van der Waals surface area (Å²) in [7, 11) is 0. The fourth-order valence-electron chi connectivity index (χ4n) is 1.59. The van der Waals surface area contributed by atoms with Gasteiger partial charge in [-0.3, -0.25) is 5.73 Å². The molecule has 0 amide bonds. The van der Waals surface area contributed by atoms with Crippen molar-refractivity contribution >= 4 is 10.9 Å². The van der Waals surface area contributed by atoms with E-state index in [2.05, 4.69) is 0 Å². The van der Waals surface area contributed by atoms with Gasteiger partial charge in [0.05, 0.1) is 5.52 Å². The van der Waals surface area contributed by atoms with Crippen LogP contribution in [0.2, 0.25) is 0 Å². The molecule has 1 aromatic heterocycles. The molecule has 0 aliphatic rings. The Kier molecular flexibility index (Phi) is 2.06. The number of benzene rings is 1. The van der Waals surface area contributed by atoms with Crippen LogP contribution in [-0.2, 0) is 5.85 Å². The first-order chi connectivity index (χ1) is 6.65. The molecule has 74 valence electrons. The van der Waals surface area contributed by atoms with Gasteiger partial charge in [0.15, 0.2) is 5.85 Å². The first-order valence-electron chi connectivity index (χ1n) is 4.73. The highest BCUT2D eigenvalue weighted by Gasteiger charge is 2.21. The summed E-state index contributed by atoms with van der Waals surface area (Å²) >= 11 is 0. The van der Waals surface area contributed by atoms with Gasteiger partial charge < -0.3 is 9.67 Å². The van der Waals surface area contributed by atoms with Crippen molar-refractivity contribution in [1.29, 1.82) is 0 Å². The maximum atomic E-state index is 9.92. The van der Waals surface area contributed by atoms with Gasteiger partial charge in [-0.25, -0.2) is 0 Å². The third-order valence-electron chi connectivity index (χ3n) is 2.54. The molecule has 0 spiro atoms. The molecule has 0 fully saturated rings. The van der Waals surface area contributed by atoms with Crippen molar-refractivity contribution < 1.29 is 5.11 Å². The van der Waals surface area contributed by atoms with Crippen LogP contribution in [0.1, 0.15) is 13.3 Å². The van der Waals surface area contributed by atoms with Crippen LogP contribution in [0.4, 0.5) is 0 Å². The summed E-state index contributed by atoms with van der Waals surface area (Å²) in [6, 6.07) is 9.79. The largest absolute Gasteiger partial charge is 0.358 e. The van der Waals surface area contributed by atoms with Crippen LogP contribution in [0.25, 0.3) is 10.9 Å². The molecule has 3 N–H and O–H groups in total. The summed E-state index contributed by atoms with van der Waals surface area (Å²) in [6.45, 7) is 1.86. The van der Waals surface area contributed by atoms with E-state index < -0.39 is 5.85 Å². The fourth-order valence-corrected chi connectivity index (χ4v) is 1.59. The number of aromatic nitrogens is 1. The van der Waals surface area contributed by atoms with E-state index >= 15 is 0 Å². The number of hydrogen-bond donors (Lipinski definition) is 2. The summed E-state index contributed by atoms with van der Waals surface area (Å²) in [5, 5.41) is 11.0. The molecule has 0 bridgehead atoms. The Morgan fingerprint density at radius 3 is 2.79 bits per heavy atom. The van der Waals surface area contributed by atoms with Crippen molar-refractivity contribution in [3.05, 3.63) is 36.5 Å². The number of nitrogens with zero attached hydrogens (tertiary/aromatic N) is 1. The van der Waals surface area contributed by atoms with Crippen molar-refractivity contribution in [3.8, 4) is 0 Å². The standard InChI is InChI=1S/C11H14N2O/c1-2-11(12,14)13-8-7-9-5-3-4-6-10(9)13/h3-8,14H,2,12H2,1H3. The van der Waals surface area contributed by atoms with Gasteiger partial charge in [0.2, 0.25) is 0 Å².